The molecular weight excluding hydrogens is 292 g/mol. The molecule has 0 aliphatic carbocycles. The van der Waals surface area contributed by atoms with Gasteiger partial charge in [0.1, 0.15) is 5.01 Å². The Labute approximate surface area is 134 Å². The molecule has 0 radical (unpaired) electrons. The van der Waals surface area contributed by atoms with E-state index in [9.17, 15) is 0 Å². The molecule has 22 heavy (non-hydrogen) atoms. The molecule has 0 fully saturated rings. The van der Waals surface area contributed by atoms with E-state index < -0.39 is 0 Å². The van der Waals surface area contributed by atoms with Crippen LogP contribution in [-0.2, 0) is 6.54 Å². The van der Waals surface area contributed by atoms with Gasteiger partial charge in [-0.1, -0.05) is 30.3 Å². The molecule has 2 heterocycles. The van der Waals surface area contributed by atoms with Crippen LogP contribution in [-0.4, -0.2) is 21.1 Å². The number of nitrogens with zero attached hydrogens (tertiary/aromatic N) is 3. The van der Waals surface area contributed by atoms with Crippen molar-refractivity contribution in [2.24, 2.45) is 0 Å². The maximum Gasteiger partial charge on any atom is 0.110 e. The molecule has 0 aliphatic heterocycles. The van der Waals surface area contributed by atoms with Crippen molar-refractivity contribution in [3.8, 4) is 11.3 Å². The zero-order valence-corrected chi connectivity index (χ0v) is 13.5. The predicted octanol–water partition coefficient (Wildman–Crippen LogP) is 3.75. The van der Waals surface area contributed by atoms with Crippen LogP contribution in [0.3, 0.4) is 0 Å². The standard InChI is InChI=1S/C17H20N4S/c1-14(19-8-5-10-21-11-9-18-13-21)17-20-16(12-22-17)15-6-3-2-4-7-15/h2-4,6-7,9,11-14,19H,5,8,10H2,1H3/t14-/m1/s1. The Kier molecular flexibility index (Phi) is 4.98. The lowest BCUT2D eigenvalue weighted by molar-refractivity contribution is 0.525. The summed E-state index contributed by atoms with van der Waals surface area (Å²) in [6.45, 7) is 4.14. The molecule has 3 rings (SSSR count). The van der Waals surface area contributed by atoms with Crippen LogP contribution in [0.25, 0.3) is 11.3 Å². The van der Waals surface area contributed by atoms with Crippen molar-refractivity contribution >= 4 is 11.3 Å². The number of imidazole rings is 1. The fourth-order valence-electron chi connectivity index (χ4n) is 2.31. The molecule has 0 spiro atoms. The van der Waals surface area contributed by atoms with Crippen molar-refractivity contribution in [2.75, 3.05) is 6.54 Å². The average molecular weight is 312 g/mol. The smallest absolute Gasteiger partial charge is 0.110 e. The maximum absolute atomic E-state index is 4.75. The lowest BCUT2D eigenvalue weighted by Crippen LogP contribution is -2.20. The van der Waals surface area contributed by atoms with Crippen LogP contribution in [0.1, 0.15) is 24.4 Å². The number of thiazole rings is 1. The number of benzene rings is 1. The van der Waals surface area contributed by atoms with Crippen molar-refractivity contribution in [2.45, 2.75) is 25.9 Å². The molecule has 5 heteroatoms. The van der Waals surface area contributed by atoms with Gasteiger partial charge in [0.15, 0.2) is 0 Å². The molecule has 0 amide bonds. The van der Waals surface area contributed by atoms with Crippen LogP contribution in [0.2, 0.25) is 0 Å². The molecule has 0 aliphatic rings. The first-order valence-corrected chi connectivity index (χ1v) is 8.41. The number of aryl methyl sites for hydroxylation is 1. The van der Waals surface area contributed by atoms with Gasteiger partial charge in [0, 0.05) is 29.9 Å². The van der Waals surface area contributed by atoms with E-state index in [1.54, 1.807) is 11.3 Å². The van der Waals surface area contributed by atoms with E-state index in [1.165, 1.54) is 5.56 Å². The van der Waals surface area contributed by atoms with Gasteiger partial charge in [-0.3, -0.25) is 0 Å². The van der Waals surface area contributed by atoms with Crippen LogP contribution in [0.5, 0.6) is 0 Å². The Morgan fingerprint density at radius 3 is 2.91 bits per heavy atom. The minimum Gasteiger partial charge on any atom is -0.337 e. The third-order valence-electron chi connectivity index (χ3n) is 3.56. The minimum atomic E-state index is 0.283. The summed E-state index contributed by atoms with van der Waals surface area (Å²) in [6.07, 6.45) is 6.75. The summed E-state index contributed by atoms with van der Waals surface area (Å²) >= 11 is 1.72. The van der Waals surface area contributed by atoms with E-state index >= 15 is 0 Å². The first kappa shape index (κ1) is 14.9. The first-order chi connectivity index (χ1) is 10.8. The second-order valence-electron chi connectivity index (χ2n) is 5.27. The van der Waals surface area contributed by atoms with E-state index in [0.29, 0.717) is 0 Å². The lowest BCUT2D eigenvalue weighted by atomic mass is 10.2. The van der Waals surface area contributed by atoms with E-state index in [-0.39, 0.29) is 6.04 Å². The lowest BCUT2D eigenvalue weighted by Gasteiger charge is -2.11. The third kappa shape index (κ3) is 3.81. The molecule has 1 N–H and O–H groups in total. The molecule has 3 aromatic rings. The van der Waals surface area contributed by atoms with Gasteiger partial charge in [-0.15, -0.1) is 11.3 Å². The predicted molar refractivity (Wildman–Crippen MR) is 90.8 cm³/mol. The largest absolute Gasteiger partial charge is 0.337 e. The van der Waals surface area contributed by atoms with Gasteiger partial charge < -0.3 is 9.88 Å². The number of hydrogen-bond donors (Lipinski definition) is 1. The highest BCUT2D eigenvalue weighted by Crippen LogP contribution is 2.25. The van der Waals surface area contributed by atoms with E-state index in [1.807, 2.05) is 36.9 Å². The van der Waals surface area contributed by atoms with Gasteiger partial charge in [0.25, 0.3) is 0 Å². The minimum absolute atomic E-state index is 0.283. The van der Waals surface area contributed by atoms with Crippen LogP contribution < -0.4 is 5.32 Å². The fourth-order valence-corrected chi connectivity index (χ4v) is 3.17. The molecule has 1 atom stereocenters. The highest BCUT2D eigenvalue weighted by Gasteiger charge is 2.10. The van der Waals surface area contributed by atoms with Crippen LogP contribution in [0, 0.1) is 0 Å². The van der Waals surface area contributed by atoms with E-state index in [4.69, 9.17) is 4.98 Å². The number of nitrogens with one attached hydrogen (secondary N) is 1. The quantitative estimate of drug-likeness (QED) is 0.676. The molecule has 0 unspecified atom stereocenters. The summed E-state index contributed by atoms with van der Waals surface area (Å²) in [5.74, 6) is 0. The molecule has 114 valence electrons. The van der Waals surface area contributed by atoms with Crippen LogP contribution >= 0.6 is 11.3 Å². The Hall–Kier alpha value is -1.98. The fraction of sp³-hybridized carbons (Fsp3) is 0.294. The summed E-state index contributed by atoms with van der Waals surface area (Å²) in [7, 11) is 0. The Bertz CT molecular complexity index is 676. The summed E-state index contributed by atoms with van der Waals surface area (Å²) in [4.78, 5) is 8.80. The van der Waals surface area contributed by atoms with Gasteiger partial charge >= 0.3 is 0 Å². The highest BCUT2D eigenvalue weighted by molar-refractivity contribution is 7.10. The van der Waals surface area contributed by atoms with E-state index in [0.717, 1.165) is 30.2 Å². The van der Waals surface area contributed by atoms with Gasteiger partial charge in [0.05, 0.1) is 18.1 Å². The molecule has 0 saturated carbocycles. The zero-order chi connectivity index (χ0) is 15.2. The van der Waals surface area contributed by atoms with Crippen LogP contribution in [0.4, 0.5) is 0 Å². The summed E-state index contributed by atoms with van der Waals surface area (Å²) in [5, 5.41) is 6.81. The van der Waals surface area contributed by atoms with Crippen molar-refractivity contribution in [3.63, 3.8) is 0 Å². The highest BCUT2D eigenvalue weighted by atomic mass is 32.1. The second-order valence-corrected chi connectivity index (χ2v) is 6.16. The molecule has 0 bridgehead atoms. The Balaban J connectivity index is 1.50. The molecule has 1 aromatic carbocycles. The average Bonchev–Trinajstić information content (AvgIpc) is 3.24. The van der Waals surface area contributed by atoms with E-state index in [2.05, 4.69) is 39.3 Å². The zero-order valence-electron chi connectivity index (χ0n) is 12.6. The van der Waals surface area contributed by atoms with Gasteiger partial charge in [-0.2, -0.15) is 0 Å². The monoisotopic (exact) mass is 312 g/mol. The summed E-state index contributed by atoms with van der Waals surface area (Å²) < 4.78 is 2.10. The van der Waals surface area contributed by atoms with Gasteiger partial charge in [-0.25, -0.2) is 9.97 Å². The van der Waals surface area contributed by atoms with Gasteiger partial charge in [-0.05, 0) is 19.9 Å². The van der Waals surface area contributed by atoms with Crippen molar-refractivity contribution in [3.05, 3.63) is 59.4 Å². The number of aromatic nitrogens is 3. The normalized spacial score (nSPS) is 12.4. The maximum atomic E-state index is 4.75. The van der Waals surface area contributed by atoms with Crippen molar-refractivity contribution < 1.29 is 0 Å². The first-order valence-electron chi connectivity index (χ1n) is 7.53. The van der Waals surface area contributed by atoms with Crippen LogP contribution in [0.15, 0.2) is 54.4 Å². The summed E-state index contributed by atoms with van der Waals surface area (Å²) in [5.41, 5.74) is 2.24. The topological polar surface area (TPSA) is 42.7 Å². The third-order valence-corrected chi connectivity index (χ3v) is 4.59. The SMILES string of the molecule is C[C@@H](NCCCn1ccnc1)c1nc(-c2ccccc2)cs1. The number of hydrogen-bond acceptors (Lipinski definition) is 4. The Morgan fingerprint density at radius 1 is 1.27 bits per heavy atom. The second kappa shape index (κ2) is 7.33. The van der Waals surface area contributed by atoms with Gasteiger partial charge in [0.2, 0.25) is 0 Å². The van der Waals surface area contributed by atoms with Crippen molar-refractivity contribution in [1.29, 1.82) is 0 Å². The summed E-state index contributed by atoms with van der Waals surface area (Å²) in [6, 6.07) is 10.6. The molecule has 0 saturated heterocycles. The Morgan fingerprint density at radius 2 is 2.14 bits per heavy atom. The molecule has 2 aromatic heterocycles. The molecule has 4 nitrogen and oxygen atoms in total. The van der Waals surface area contributed by atoms with Crippen molar-refractivity contribution in [1.82, 2.24) is 19.9 Å². The number of rotatable bonds is 7. The molecular formula is C17H20N4S.